The maximum absolute atomic E-state index is 10.7. The topological polar surface area (TPSA) is 40.5 Å². The summed E-state index contributed by atoms with van der Waals surface area (Å²) < 4.78 is 0. The van der Waals surface area contributed by atoms with Gasteiger partial charge in [-0.3, -0.25) is 0 Å². The summed E-state index contributed by atoms with van der Waals surface area (Å²) in [5.41, 5.74) is 2.50. The number of rotatable bonds is 2. The van der Waals surface area contributed by atoms with Crippen molar-refractivity contribution in [2.24, 2.45) is 22.7 Å². The van der Waals surface area contributed by atoms with Crippen molar-refractivity contribution in [3.8, 4) is 0 Å². The lowest BCUT2D eigenvalue weighted by molar-refractivity contribution is -0.0297. The molecule has 0 radical (unpaired) electrons. The van der Waals surface area contributed by atoms with E-state index < -0.39 is 5.60 Å². The first kappa shape index (κ1) is 27.0. The summed E-state index contributed by atoms with van der Waals surface area (Å²) in [4.78, 5) is 0. The zero-order chi connectivity index (χ0) is 25.0. The van der Waals surface area contributed by atoms with Gasteiger partial charge in [0.25, 0.3) is 0 Å². The van der Waals surface area contributed by atoms with E-state index in [1.807, 2.05) is 24.3 Å². The minimum atomic E-state index is -0.580. The third kappa shape index (κ3) is 6.95. The van der Waals surface area contributed by atoms with Crippen LogP contribution >= 0.6 is 0 Å². The standard InChI is InChI=1S/2C16H24O/c1-15(2,3)13-9-11-16(17,12-10-13)14-7-5-4-6-8-14;1-16(2,3)13-9-10-14(15(17)11-13)12-7-5-4-6-8-12/h4-8,13,17H,9-12H2,1-3H3;4-8,13-15,17H,9-11H2,1-3H3. The summed E-state index contributed by atoms with van der Waals surface area (Å²) in [6, 6.07) is 20.6. The average Bonchev–Trinajstić information content (AvgIpc) is 2.80. The monoisotopic (exact) mass is 464 g/mol. The lowest BCUT2D eigenvalue weighted by atomic mass is 9.67. The lowest BCUT2D eigenvalue weighted by Crippen LogP contribution is -2.35. The molecule has 0 bridgehead atoms. The van der Waals surface area contributed by atoms with Crippen molar-refractivity contribution in [2.45, 2.75) is 104 Å². The van der Waals surface area contributed by atoms with Gasteiger partial charge in [-0.2, -0.15) is 0 Å². The highest BCUT2D eigenvalue weighted by atomic mass is 16.3. The molecule has 0 amide bonds. The third-order valence-corrected chi connectivity index (χ3v) is 8.62. The first-order valence-electron chi connectivity index (χ1n) is 13.4. The molecule has 0 aliphatic heterocycles. The van der Waals surface area contributed by atoms with Crippen LogP contribution in [0.2, 0.25) is 0 Å². The van der Waals surface area contributed by atoms with Crippen LogP contribution in [0.5, 0.6) is 0 Å². The Balaban J connectivity index is 0.000000191. The van der Waals surface area contributed by atoms with Gasteiger partial charge >= 0.3 is 0 Å². The predicted molar refractivity (Wildman–Crippen MR) is 144 cm³/mol. The van der Waals surface area contributed by atoms with Crippen molar-refractivity contribution in [3.63, 3.8) is 0 Å². The van der Waals surface area contributed by atoms with E-state index in [2.05, 4.69) is 77.9 Å². The highest BCUT2D eigenvalue weighted by molar-refractivity contribution is 5.23. The molecule has 0 heterocycles. The van der Waals surface area contributed by atoms with E-state index in [4.69, 9.17) is 0 Å². The van der Waals surface area contributed by atoms with Crippen LogP contribution in [-0.4, -0.2) is 16.3 Å². The first-order valence-corrected chi connectivity index (χ1v) is 13.4. The molecule has 2 N–H and O–H groups in total. The zero-order valence-corrected chi connectivity index (χ0v) is 22.4. The summed E-state index contributed by atoms with van der Waals surface area (Å²) in [7, 11) is 0. The molecular weight excluding hydrogens is 416 g/mol. The fraction of sp³-hybridized carbons (Fsp3) is 0.625. The van der Waals surface area contributed by atoms with Crippen LogP contribution in [0.15, 0.2) is 60.7 Å². The molecule has 188 valence electrons. The molecular formula is C32H48O2. The van der Waals surface area contributed by atoms with Gasteiger partial charge in [-0.15, -0.1) is 0 Å². The second-order valence-electron chi connectivity index (χ2n) is 13.0. The fourth-order valence-electron chi connectivity index (χ4n) is 6.02. The Morgan fingerprint density at radius 3 is 1.65 bits per heavy atom. The lowest BCUT2D eigenvalue weighted by Gasteiger charge is -2.41. The zero-order valence-electron chi connectivity index (χ0n) is 22.4. The Kier molecular flexibility index (Phi) is 8.69. The van der Waals surface area contributed by atoms with Crippen molar-refractivity contribution in [1.29, 1.82) is 0 Å². The van der Waals surface area contributed by atoms with Crippen LogP contribution in [0.1, 0.15) is 104 Å². The van der Waals surface area contributed by atoms with Crippen LogP contribution in [-0.2, 0) is 5.60 Å². The molecule has 2 saturated carbocycles. The van der Waals surface area contributed by atoms with Gasteiger partial charge < -0.3 is 10.2 Å². The van der Waals surface area contributed by atoms with Gasteiger partial charge in [-0.1, -0.05) is 102 Å². The molecule has 2 fully saturated rings. The van der Waals surface area contributed by atoms with Gasteiger partial charge in [0.15, 0.2) is 0 Å². The normalized spacial score (nSPS) is 30.2. The average molecular weight is 465 g/mol. The summed E-state index contributed by atoms with van der Waals surface area (Å²) >= 11 is 0. The quantitative estimate of drug-likeness (QED) is 0.471. The molecule has 2 nitrogen and oxygen atoms in total. The smallest absolute Gasteiger partial charge is 0.0896 e. The Bertz CT molecular complexity index is 851. The second-order valence-corrected chi connectivity index (χ2v) is 13.0. The third-order valence-electron chi connectivity index (χ3n) is 8.62. The molecule has 2 heteroatoms. The number of aliphatic hydroxyl groups is 2. The van der Waals surface area contributed by atoms with Gasteiger partial charge in [0.05, 0.1) is 11.7 Å². The maximum Gasteiger partial charge on any atom is 0.0896 e. The van der Waals surface area contributed by atoms with Crippen LogP contribution in [0.3, 0.4) is 0 Å². The van der Waals surface area contributed by atoms with Crippen LogP contribution in [0, 0.1) is 22.7 Å². The largest absolute Gasteiger partial charge is 0.392 e. The number of hydrogen-bond donors (Lipinski definition) is 2. The molecule has 3 atom stereocenters. The van der Waals surface area contributed by atoms with E-state index in [1.54, 1.807) is 0 Å². The van der Waals surface area contributed by atoms with Crippen LogP contribution < -0.4 is 0 Å². The first-order chi connectivity index (χ1) is 15.9. The molecule has 0 saturated heterocycles. The Hall–Kier alpha value is -1.64. The van der Waals surface area contributed by atoms with E-state index in [-0.39, 0.29) is 6.10 Å². The van der Waals surface area contributed by atoms with Crippen molar-refractivity contribution in [2.75, 3.05) is 0 Å². The maximum atomic E-state index is 10.7. The summed E-state index contributed by atoms with van der Waals surface area (Å²) in [5, 5.41) is 21.1. The minimum Gasteiger partial charge on any atom is -0.392 e. The highest BCUT2D eigenvalue weighted by Crippen LogP contribution is 2.45. The Morgan fingerprint density at radius 1 is 0.676 bits per heavy atom. The Labute approximate surface area is 208 Å². The van der Waals surface area contributed by atoms with Crippen LogP contribution in [0.4, 0.5) is 0 Å². The van der Waals surface area contributed by atoms with Crippen LogP contribution in [0.25, 0.3) is 0 Å². The molecule has 2 aliphatic carbocycles. The summed E-state index contributed by atoms with van der Waals surface area (Å²) in [5.74, 6) is 1.73. The molecule has 2 aliphatic rings. The number of hydrogen-bond acceptors (Lipinski definition) is 2. The van der Waals surface area contributed by atoms with Gasteiger partial charge in [0, 0.05) is 5.92 Å². The molecule has 0 aromatic heterocycles. The van der Waals surface area contributed by atoms with Gasteiger partial charge in [0.2, 0.25) is 0 Å². The van der Waals surface area contributed by atoms with Gasteiger partial charge in [-0.05, 0) is 78.7 Å². The summed E-state index contributed by atoms with van der Waals surface area (Å²) in [6.07, 6.45) is 7.20. The van der Waals surface area contributed by atoms with E-state index >= 15 is 0 Å². The molecule has 2 aromatic rings. The molecule has 2 aromatic carbocycles. The van der Waals surface area contributed by atoms with Crippen molar-refractivity contribution in [1.82, 2.24) is 0 Å². The Morgan fingerprint density at radius 2 is 1.18 bits per heavy atom. The van der Waals surface area contributed by atoms with E-state index in [0.29, 0.717) is 22.7 Å². The second kappa shape index (κ2) is 11.0. The molecule has 4 rings (SSSR count). The van der Waals surface area contributed by atoms with E-state index in [9.17, 15) is 10.2 Å². The van der Waals surface area contributed by atoms with Gasteiger partial charge in [-0.25, -0.2) is 0 Å². The van der Waals surface area contributed by atoms with E-state index in [0.717, 1.165) is 50.0 Å². The molecule has 3 unspecified atom stereocenters. The van der Waals surface area contributed by atoms with Crippen molar-refractivity contribution < 1.29 is 10.2 Å². The minimum absolute atomic E-state index is 0.171. The molecule has 34 heavy (non-hydrogen) atoms. The fourth-order valence-corrected chi connectivity index (χ4v) is 6.02. The predicted octanol–water partition coefficient (Wildman–Crippen LogP) is 8.09. The van der Waals surface area contributed by atoms with Crippen molar-refractivity contribution in [3.05, 3.63) is 71.8 Å². The van der Waals surface area contributed by atoms with Gasteiger partial charge in [0.1, 0.15) is 0 Å². The van der Waals surface area contributed by atoms with Crippen molar-refractivity contribution >= 4 is 0 Å². The summed E-state index contributed by atoms with van der Waals surface area (Å²) in [6.45, 7) is 13.8. The highest BCUT2D eigenvalue weighted by Gasteiger charge is 2.38. The van der Waals surface area contributed by atoms with E-state index in [1.165, 1.54) is 12.0 Å². The number of benzene rings is 2. The number of aliphatic hydroxyl groups excluding tert-OH is 1. The molecule has 0 spiro atoms. The SMILES string of the molecule is CC(C)(C)C1CCC(O)(c2ccccc2)CC1.CC(C)(C)C1CCC(c2ccccc2)C(O)C1.